The number of allylic oxidation sites excluding steroid dienone is 3. The first-order valence-electron chi connectivity index (χ1n) is 21.3. The van der Waals surface area contributed by atoms with Crippen LogP contribution in [0.5, 0.6) is 0 Å². The van der Waals surface area contributed by atoms with Crippen LogP contribution >= 0.6 is 0 Å². The molecule has 6 bridgehead atoms. The number of carbonyl (C=O) groups excluding carboxylic acids is 2. The van der Waals surface area contributed by atoms with Gasteiger partial charge in [-0.1, -0.05) is 73.9 Å². The lowest BCUT2D eigenvalue weighted by Crippen LogP contribution is -2.61. The average Bonchev–Trinajstić information content (AvgIpc) is 3.73. The van der Waals surface area contributed by atoms with Gasteiger partial charge in [0.15, 0.2) is 5.96 Å². The number of nitrogens with zero attached hydrogens (tertiary/aromatic N) is 1. The van der Waals surface area contributed by atoms with E-state index in [-0.39, 0.29) is 72.6 Å². The van der Waals surface area contributed by atoms with E-state index in [0.717, 1.165) is 74.3 Å². The second-order valence-electron chi connectivity index (χ2n) is 17.4. The number of fused-ring (bicyclic) bond motifs is 7. The van der Waals surface area contributed by atoms with Gasteiger partial charge in [0.1, 0.15) is 18.4 Å². The van der Waals surface area contributed by atoms with E-state index in [2.05, 4.69) is 70.3 Å². The Kier molecular flexibility index (Phi) is 11.7. The van der Waals surface area contributed by atoms with E-state index in [1.54, 1.807) is 0 Å². The second-order valence-corrected chi connectivity index (χ2v) is 17.4. The number of guanidine groups is 1. The maximum absolute atomic E-state index is 12.9. The highest BCUT2D eigenvalue weighted by Crippen LogP contribution is 2.67. The number of hydrogen-bond acceptors (Lipinski definition) is 9. The lowest BCUT2D eigenvalue weighted by Gasteiger charge is -2.63. The molecule has 0 saturated heterocycles. The number of aliphatic carboxylic acids is 1. The number of aromatic nitrogens is 1. The normalized spacial score (nSPS) is 31.2. The van der Waals surface area contributed by atoms with Crippen molar-refractivity contribution in [2.24, 2.45) is 46.2 Å². The van der Waals surface area contributed by atoms with Crippen molar-refractivity contribution in [2.75, 3.05) is 18.5 Å². The number of hydrogen-bond donors (Lipinski definition) is 7. The molecule has 0 amide bonds. The number of nitrogens with two attached hydrogens (primary N) is 1. The molecule has 1 saturated carbocycles. The lowest BCUT2D eigenvalue weighted by molar-refractivity contribution is -0.131. The molecule has 2 aromatic carbocycles. The molecule has 11 nitrogen and oxygen atoms in total. The van der Waals surface area contributed by atoms with Gasteiger partial charge in [-0.2, -0.15) is 0 Å². The summed E-state index contributed by atoms with van der Waals surface area (Å²) in [6, 6.07) is 14.1. The lowest BCUT2D eigenvalue weighted by atomic mass is 9.43. The maximum Gasteiger partial charge on any atom is 0.328 e. The van der Waals surface area contributed by atoms with Crippen molar-refractivity contribution < 1.29 is 29.7 Å². The highest BCUT2D eigenvalue weighted by molar-refractivity contribution is 5.86. The molecule has 11 heteroatoms. The van der Waals surface area contributed by atoms with Crippen LogP contribution in [0.1, 0.15) is 86.3 Å². The molecule has 0 radical (unpaired) electrons. The van der Waals surface area contributed by atoms with Crippen molar-refractivity contribution in [1.82, 2.24) is 10.3 Å². The molecule has 1 fully saturated rings. The Morgan fingerprint density at radius 3 is 2.57 bits per heavy atom. The molecular formula is C47H57N5O6. The molecule has 306 valence electrons. The molecule has 1 aromatic heterocycles. The standard InChI is InChI=1S/C47H57N5O6/c48-46-50-34(27-56)24-40(51-46)38(25-42(57)58)47(52-41-9-4-17-49-41)16-14-32-23-39(47)45-35-13-12-30(8-3-1-2-6-29(26-55)7-5-18-53)44(45)37-22-33-20-28(15-19-54)10-11-31(33)21-36(37)43(32)35/h4,9-14,16-17,19-22,25-26,29-30,32,34-35,39-40,43-45,49,52-53,56H,1-3,5-8,15,18,23-24,27H2,(H,57,58)(H3,48,50,51). The second kappa shape index (κ2) is 17.1. The molecule has 2 heterocycles. The van der Waals surface area contributed by atoms with Gasteiger partial charge in [-0.3, -0.25) is 0 Å². The monoisotopic (exact) mass is 787 g/mol. The van der Waals surface area contributed by atoms with Crippen molar-refractivity contribution in [3.63, 3.8) is 0 Å². The van der Waals surface area contributed by atoms with Crippen LogP contribution in [0.4, 0.5) is 5.82 Å². The zero-order valence-corrected chi connectivity index (χ0v) is 33.0. The number of aliphatic hydroxyl groups is 2. The van der Waals surface area contributed by atoms with Crippen molar-refractivity contribution in [3.8, 4) is 0 Å². The molecule has 8 N–H and O–H groups in total. The predicted molar refractivity (Wildman–Crippen MR) is 225 cm³/mol. The SMILES string of the molecule is NC1=NC(C(=CC(=O)O)C2(Nc3ccc[nH]3)C=CC3CC2C2C4C=CC(CCCCCC(C=O)CCCO)C2c2cc5cc(CC=O)ccc5cc2C34)CC(CO)N1. The van der Waals surface area contributed by atoms with Crippen LogP contribution in [-0.2, 0) is 20.8 Å². The molecule has 11 unspecified atom stereocenters. The number of aromatic amines is 1. The number of aliphatic imine (C=N–C) groups is 1. The zero-order chi connectivity index (χ0) is 40.4. The summed E-state index contributed by atoms with van der Waals surface area (Å²) in [5.74, 6) is 1.07. The summed E-state index contributed by atoms with van der Waals surface area (Å²) < 4.78 is 0. The summed E-state index contributed by atoms with van der Waals surface area (Å²) in [7, 11) is 0. The van der Waals surface area contributed by atoms with Gasteiger partial charge < -0.3 is 46.3 Å². The number of carboxylic acid groups (broad SMARTS) is 1. The Hall–Kier alpha value is -5.00. The van der Waals surface area contributed by atoms with E-state index >= 15 is 0 Å². The topological polar surface area (TPSA) is 190 Å². The summed E-state index contributed by atoms with van der Waals surface area (Å²) >= 11 is 0. The smallest absolute Gasteiger partial charge is 0.328 e. The van der Waals surface area contributed by atoms with Crippen molar-refractivity contribution in [2.45, 2.75) is 93.7 Å². The van der Waals surface area contributed by atoms with E-state index in [0.29, 0.717) is 24.8 Å². The first-order chi connectivity index (χ1) is 28.3. The number of H-pyrrole nitrogens is 1. The zero-order valence-electron chi connectivity index (χ0n) is 33.0. The molecule has 5 aliphatic rings. The van der Waals surface area contributed by atoms with Crippen LogP contribution in [-0.4, -0.2) is 75.6 Å². The first-order valence-corrected chi connectivity index (χ1v) is 21.3. The van der Waals surface area contributed by atoms with E-state index in [1.807, 2.05) is 18.3 Å². The van der Waals surface area contributed by atoms with E-state index in [1.165, 1.54) is 22.6 Å². The van der Waals surface area contributed by atoms with Crippen LogP contribution < -0.4 is 16.4 Å². The number of carboxylic acids is 1. The molecule has 3 aromatic rings. The van der Waals surface area contributed by atoms with Gasteiger partial charge >= 0.3 is 5.97 Å². The molecule has 8 rings (SSSR count). The molecule has 11 atom stereocenters. The molecule has 1 aliphatic heterocycles. The summed E-state index contributed by atoms with van der Waals surface area (Å²) in [5, 5.41) is 39.4. The van der Waals surface area contributed by atoms with Crippen LogP contribution in [0, 0.1) is 35.5 Å². The number of carbonyl (C=O) groups is 3. The number of nitrogens with one attached hydrogen (secondary N) is 3. The maximum atomic E-state index is 12.9. The predicted octanol–water partition coefficient (Wildman–Crippen LogP) is 6.15. The van der Waals surface area contributed by atoms with Gasteiger partial charge in [0.05, 0.1) is 24.2 Å². The average molecular weight is 788 g/mol. The van der Waals surface area contributed by atoms with E-state index < -0.39 is 17.6 Å². The fraction of sp³-hybridized carbons (Fsp3) is 0.489. The highest BCUT2D eigenvalue weighted by atomic mass is 16.4. The molecule has 4 aliphatic carbocycles. The summed E-state index contributed by atoms with van der Waals surface area (Å²) in [6.45, 7) is -0.0582. The van der Waals surface area contributed by atoms with Crippen LogP contribution in [0.25, 0.3) is 10.8 Å². The van der Waals surface area contributed by atoms with Crippen LogP contribution in [0.3, 0.4) is 0 Å². The van der Waals surface area contributed by atoms with Gasteiger partial charge in [0.2, 0.25) is 0 Å². The number of unbranched alkanes of at least 4 members (excludes halogenated alkanes) is 2. The summed E-state index contributed by atoms with van der Waals surface area (Å²) in [5.41, 5.74) is 9.76. The first kappa shape index (κ1) is 39.8. The Balaban J connectivity index is 1.24. The van der Waals surface area contributed by atoms with Gasteiger partial charge in [-0.15, -0.1) is 0 Å². The molecular weight excluding hydrogens is 731 g/mol. The number of aldehydes is 2. The fourth-order valence-electron chi connectivity index (χ4n) is 11.7. The van der Waals surface area contributed by atoms with Gasteiger partial charge in [0.25, 0.3) is 0 Å². The summed E-state index contributed by atoms with van der Waals surface area (Å²) in [4.78, 5) is 44.4. The Morgan fingerprint density at radius 2 is 1.81 bits per heavy atom. The van der Waals surface area contributed by atoms with Crippen LogP contribution in [0.15, 0.2) is 89.6 Å². The minimum atomic E-state index is -1.06. The highest BCUT2D eigenvalue weighted by Gasteiger charge is 2.61. The Bertz CT molecular complexity index is 2110. The minimum Gasteiger partial charge on any atom is -0.478 e. The Morgan fingerprint density at radius 1 is 0.983 bits per heavy atom. The van der Waals surface area contributed by atoms with Gasteiger partial charge in [0, 0.05) is 31.2 Å². The minimum absolute atomic E-state index is 0.0165. The van der Waals surface area contributed by atoms with E-state index in [9.17, 15) is 29.7 Å². The Labute approximate surface area is 340 Å². The third kappa shape index (κ3) is 7.54. The van der Waals surface area contributed by atoms with Crippen molar-refractivity contribution >= 4 is 41.1 Å². The molecule has 58 heavy (non-hydrogen) atoms. The van der Waals surface area contributed by atoms with Gasteiger partial charge in [-0.05, 0) is 125 Å². The third-order valence-electron chi connectivity index (χ3n) is 14.1. The number of anilines is 1. The fourth-order valence-corrected chi connectivity index (χ4v) is 11.7. The van der Waals surface area contributed by atoms with Crippen molar-refractivity contribution in [3.05, 3.63) is 101 Å². The van der Waals surface area contributed by atoms with E-state index in [4.69, 9.17) is 10.7 Å². The van der Waals surface area contributed by atoms with Gasteiger partial charge in [-0.25, -0.2) is 9.79 Å². The number of rotatable bonds is 18. The van der Waals surface area contributed by atoms with Crippen molar-refractivity contribution in [1.29, 1.82) is 0 Å². The quantitative estimate of drug-likeness (QED) is 0.0343. The third-order valence-corrected chi connectivity index (χ3v) is 14.1. The summed E-state index contributed by atoms with van der Waals surface area (Å²) in [6.07, 6.45) is 22.5. The number of benzene rings is 2. The molecule has 0 spiro atoms. The number of aliphatic hydroxyl groups excluding tert-OH is 2. The largest absolute Gasteiger partial charge is 0.478 e. The van der Waals surface area contributed by atoms with Crippen LogP contribution in [0.2, 0.25) is 0 Å².